The molecule has 3 rings (SSSR count). The number of nitrogens with zero attached hydrogens (tertiary/aromatic N) is 1. The highest BCUT2D eigenvalue weighted by molar-refractivity contribution is 5.97. The van der Waals surface area contributed by atoms with Crippen molar-refractivity contribution < 1.29 is 24.0 Å². The molecule has 0 saturated carbocycles. The van der Waals surface area contributed by atoms with Gasteiger partial charge in [0.15, 0.2) is 0 Å². The van der Waals surface area contributed by atoms with Crippen LogP contribution in [-0.2, 0) is 30.4 Å². The second-order valence-electron chi connectivity index (χ2n) is 9.45. The van der Waals surface area contributed by atoms with Crippen molar-refractivity contribution in [1.82, 2.24) is 26.2 Å². The first-order chi connectivity index (χ1) is 17.3. The molecule has 196 valence electrons. The molecule has 1 aromatic carbocycles. The molecule has 0 aromatic heterocycles. The topological polar surface area (TPSA) is 137 Å². The number of hydrogen-bond donors (Lipinski definition) is 4. The summed E-state index contributed by atoms with van der Waals surface area (Å²) in [6, 6.07) is 6.18. The van der Waals surface area contributed by atoms with Gasteiger partial charge in [-0.2, -0.15) is 0 Å². The Kier molecular flexibility index (Phi) is 9.84. The maximum atomic E-state index is 13.6. The number of hydrogen-bond acceptors (Lipinski definition) is 5. The molecule has 10 nitrogen and oxygen atoms in total. The van der Waals surface area contributed by atoms with Gasteiger partial charge < -0.3 is 26.2 Å². The van der Waals surface area contributed by atoms with Crippen molar-refractivity contribution in [3.63, 3.8) is 0 Å². The third kappa shape index (κ3) is 7.29. The zero-order valence-corrected chi connectivity index (χ0v) is 21.0. The summed E-state index contributed by atoms with van der Waals surface area (Å²) in [5.74, 6) is -1.63. The van der Waals surface area contributed by atoms with E-state index >= 15 is 0 Å². The summed E-state index contributed by atoms with van der Waals surface area (Å²) in [4.78, 5) is 65.7. The number of benzene rings is 1. The number of fused-ring (bicyclic) bond motifs is 1. The van der Waals surface area contributed by atoms with Crippen LogP contribution in [0.15, 0.2) is 30.3 Å². The van der Waals surface area contributed by atoms with Crippen molar-refractivity contribution in [3.8, 4) is 0 Å². The van der Waals surface area contributed by atoms with E-state index in [-0.39, 0.29) is 24.1 Å². The molecule has 4 atom stereocenters. The van der Waals surface area contributed by atoms with Crippen molar-refractivity contribution >= 4 is 29.5 Å². The second-order valence-corrected chi connectivity index (χ2v) is 9.45. The molecule has 36 heavy (non-hydrogen) atoms. The van der Waals surface area contributed by atoms with E-state index in [1.165, 1.54) is 11.8 Å². The van der Waals surface area contributed by atoms with Gasteiger partial charge >= 0.3 is 0 Å². The Morgan fingerprint density at radius 2 is 1.61 bits per heavy atom. The van der Waals surface area contributed by atoms with Crippen molar-refractivity contribution in [2.75, 3.05) is 13.1 Å². The number of rotatable bonds is 8. The van der Waals surface area contributed by atoms with Gasteiger partial charge in [-0.15, -0.1) is 0 Å². The Hall–Kier alpha value is -3.43. The molecule has 2 heterocycles. The summed E-state index contributed by atoms with van der Waals surface area (Å²) < 4.78 is 0. The van der Waals surface area contributed by atoms with Gasteiger partial charge in [-0.3, -0.25) is 24.0 Å². The fourth-order valence-corrected chi connectivity index (χ4v) is 4.73. The van der Waals surface area contributed by atoms with E-state index in [2.05, 4.69) is 21.3 Å². The molecule has 5 amide bonds. The SMILES string of the molecule is CC[C@@H]1NC(=O)[C@H](CCCCNC(C)=O)NC(=O)[C@H]2CCCN2C(=O)[C@H](Cc2ccccc2)NC1=O. The first-order valence-electron chi connectivity index (χ1n) is 12.8. The third-order valence-electron chi connectivity index (χ3n) is 6.70. The van der Waals surface area contributed by atoms with Crippen LogP contribution in [-0.4, -0.2) is 71.7 Å². The van der Waals surface area contributed by atoms with Crippen LogP contribution in [0.2, 0.25) is 0 Å². The Labute approximate surface area is 211 Å². The van der Waals surface area contributed by atoms with Crippen LogP contribution < -0.4 is 21.3 Å². The summed E-state index contributed by atoms with van der Waals surface area (Å²) in [5.41, 5.74) is 0.889. The molecular formula is C26H37N5O5. The van der Waals surface area contributed by atoms with Gasteiger partial charge in [0.05, 0.1) is 0 Å². The quantitative estimate of drug-likeness (QED) is 0.384. The number of amides is 5. The van der Waals surface area contributed by atoms with Crippen LogP contribution in [0, 0.1) is 0 Å². The van der Waals surface area contributed by atoms with E-state index in [4.69, 9.17) is 0 Å². The van der Waals surface area contributed by atoms with Crippen molar-refractivity contribution in [2.45, 2.75) is 83.0 Å². The molecule has 0 unspecified atom stereocenters. The van der Waals surface area contributed by atoms with E-state index in [0.717, 1.165) is 5.56 Å². The largest absolute Gasteiger partial charge is 0.356 e. The van der Waals surface area contributed by atoms with E-state index in [1.54, 1.807) is 6.92 Å². The lowest BCUT2D eigenvalue weighted by molar-refractivity contribution is -0.143. The van der Waals surface area contributed by atoms with E-state index < -0.39 is 36.0 Å². The van der Waals surface area contributed by atoms with Crippen molar-refractivity contribution in [3.05, 3.63) is 35.9 Å². The van der Waals surface area contributed by atoms with E-state index in [0.29, 0.717) is 51.6 Å². The lowest BCUT2D eigenvalue weighted by Gasteiger charge is -2.32. The first-order valence-corrected chi connectivity index (χ1v) is 12.8. The minimum Gasteiger partial charge on any atom is -0.356 e. The first kappa shape index (κ1) is 27.2. The third-order valence-corrected chi connectivity index (χ3v) is 6.70. The lowest BCUT2D eigenvalue weighted by atomic mass is 10.0. The fourth-order valence-electron chi connectivity index (χ4n) is 4.73. The van der Waals surface area contributed by atoms with Crippen molar-refractivity contribution in [2.24, 2.45) is 0 Å². The van der Waals surface area contributed by atoms with Gasteiger partial charge in [-0.25, -0.2) is 0 Å². The summed E-state index contributed by atoms with van der Waals surface area (Å²) in [6.45, 7) is 4.12. The van der Waals surface area contributed by atoms with Crippen LogP contribution in [0.25, 0.3) is 0 Å². The predicted octanol–water partition coefficient (Wildman–Crippen LogP) is 0.405. The highest BCUT2D eigenvalue weighted by Gasteiger charge is 2.40. The minimum absolute atomic E-state index is 0.125. The number of carbonyl (C=O) groups is 5. The molecule has 2 aliphatic heterocycles. The maximum absolute atomic E-state index is 13.6. The standard InChI is InChI=1S/C26H37N5O5/c1-3-19-23(33)30-21(16-18-10-5-4-6-11-18)26(36)31-15-9-13-22(31)25(35)29-20(24(34)28-19)12-7-8-14-27-17(2)32/h4-6,10-11,19-22H,3,7-9,12-16H2,1-2H3,(H,27,32)(H,28,34)(H,29,35)(H,30,33)/t19-,20-,21-,22+/m0/s1. The van der Waals surface area contributed by atoms with Crippen LogP contribution in [0.5, 0.6) is 0 Å². The van der Waals surface area contributed by atoms with E-state index in [1.807, 2.05) is 30.3 Å². The zero-order chi connectivity index (χ0) is 26.1. The van der Waals surface area contributed by atoms with Gasteiger partial charge in [-0.05, 0) is 44.1 Å². The van der Waals surface area contributed by atoms with E-state index in [9.17, 15) is 24.0 Å². The van der Waals surface area contributed by atoms with Crippen LogP contribution >= 0.6 is 0 Å². The minimum atomic E-state index is -0.844. The molecular weight excluding hydrogens is 462 g/mol. The molecule has 2 saturated heterocycles. The summed E-state index contributed by atoms with van der Waals surface area (Å²) in [7, 11) is 0. The van der Waals surface area contributed by atoms with Gasteiger partial charge in [-0.1, -0.05) is 37.3 Å². The lowest BCUT2D eigenvalue weighted by Crippen LogP contribution is -2.61. The maximum Gasteiger partial charge on any atom is 0.246 e. The highest BCUT2D eigenvalue weighted by Crippen LogP contribution is 2.21. The Bertz CT molecular complexity index is 953. The summed E-state index contributed by atoms with van der Waals surface area (Å²) in [6.07, 6.45) is 3.38. The molecule has 2 aliphatic rings. The van der Waals surface area contributed by atoms with Crippen LogP contribution in [0.4, 0.5) is 0 Å². The van der Waals surface area contributed by atoms with Crippen LogP contribution in [0.1, 0.15) is 57.9 Å². The number of nitrogens with one attached hydrogen (secondary N) is 4. The van der Waals surface area contributed by atoms with Gasteiger partial charge in [0, 0.05) is 26.4 Å². The molecule has 0 aliphatic carbocycles. The Morgan fingerprint density at radius 3 is 2.31 bits per heavy atom. The molecule has 0 bridgehead atoms. The smallest absolute Gasteiger partial charge is 0.246 e. The number of carbonyl (C=O) groups excluding carboxylic acids is 5. The van der Waals surface area contributed by atoms with Crippen LogP contribution in [0.3, 0.4) is 0 Å². The second kappa shape index (κ2) is 13.0. The molecule has 10 heteroatoms. The predicted molar refractivity (Wildman–Crippen MR) is 133 cm³/mol. The zero-order valence-electron chi connectivity index (χ0n) is 21.0. The molecule has 0 radical (unpaired) electrons. The molecule has 0 spiro atoms. The Balaban J connectivity index is 1.81. The average Bonchev–Trinajstić information content (AvgIpc) is 3.35. The fraction of sp³-hybridized carbons (Fsp3) is 0.577. The van der Waals surface area contributed by atoms with Gasteiger partial charge in [0.1, 0.15) is 24.2 Å². The normalized spacial score (nSPS) is 25.1. The molecule has 4 N–H and O–H groups in total. The highest BCUT2D eigenvalue weighted by atomic mass is 16.2. The van der Waals surface area contributed by atoms with Gasteiger partial charge in [0.2, 0.25) is 29.5 Å². The summed E-state index contributed by atoms with van der Waals surface area (Å²) in [5, 5.41) is 11.2. The van der Waals surface area contributed by atoms with Crippen molar-refractivity contribution in [1.29, 1.82) is 0 Å². The monoisotopic (exact) mass is 499 g/mol. The molecule has 1 aromatic rings. The van der Waals surface area contributed by atoms with Gasteiger partial charge in [0.25, 0.3) is 0 Å². The average molecular weight is 500 g/mol. The molecule has 2 fully saturated rings. The Morgan fingerprint density at radius 1 is 0.944 bits per heavy atom. The summed E-state index contributed by atoms with van der Waals surface area (Å²) >= 11 is 0. The number of unbranched alkanes of at least 4 members (excludes halogenated alkanes) is 1.